The first-order chi connectivity index (χ1) is 13.5. The van der Waals surface area contributed by atoms with Gasteiger partial charge in [0.25, 0.3) is 11.5 Å². The number of aromatic nitrogens is 4. The minimum Gasteiger partial charge on any atom is -0.319 e. The van der Waals surface area contributed by atoms with Crippen LogP contribution in [-0.4, -0.2) is 25.1 Å². The standard InChI is InChI=1S/C21H19N5O2/c1-13-9-10-18-22-11-17(21(28)25(18)12-13)20(27)23-19-14(2)24-26(15(19)3)16-7-5-4-6-8-16/h4-12H,1-3H3,(H,23,27). The van der Waals surface area contributed by atoms with Gasteiger partial charge in [-0.25, -0.2) is 9.67 Å². The smallest absolute Gasteiger partial charge is 0.270 e. The molecule has 7 heteroatoms. The zero-order valence-electron chi connectivity index (χ0n) is 15.8. The molecule has 0 saturated heterocycles. The zero-order valence-corrected chi connectivity index (χ0v) is 15.8. The molecule has 0 fully saturated rings. The average molecular weight is 373 g/mol. The number of amides is 1. The maximum Gasteiger partial charge on any atom is 0.270 e. The Hall–Kier alpha value is -3.74. The summed E-state index contributed by atoms with van der Waals surface area (Å²) in [4.78, 5) is 29.8. The van der Waals surface area contributed by atoms with Crippen LogP contribution in [0.5, 0.6) is 0 Å². The van der Waals surface area contributed by atoms with Gasteiger partial charge in [-0.3, -0.25) is 14.0 Å². The number of para-hydroxylation sites is 1. The third-order valence-electron chi connectivity index (χ3n) is 4.63. The molecule has 0 aliphatic rings. The van der Waals surface area contributed by atoms with Gasteiger partial charge in [-0.05, 0) is 44.5 Å². The van der Waals surface area contributed by atoms with Crippen LogP contribution in [0.3, 0.4) is 0 Å². The van der Waals surface area contributed by atoms with Crippen LogP contribution in [0.25, 0.3) is 11.3 Å². The molecule has 7 nitrogen and oxygen atoms in total. The van der Waals surface area contributed by atoms with E-state index in [1.807, 2.05) is 57.2 Å². The number of fused-ring (bicyclic) bond motifs is 1. The molecule has 4 aromatic rings. The monoisotopic (exact) mass is 373 g/mol. The summed E-state index contributed by atoms with van der Waals surface area (Å²) in [5, 5.41) is 7.34. The van der Waals surface area contributed by atoms with Crippen molar-refractivity contribution < 1.29 is 4.79 Å². The molecule has 28 heavy (non-hydrogen) atoms. The Kier molecular flexibility index (Phi) is 4.27. The second kappa shape index (κ2) is 6.77. The Morgan fingerprint density at radius 2 is 1.79 bits per heavy atom. The molecule has 0 spiro atoms. The molecule has 0 aliphatic heterocycles. The molecule has 0 radical (unpaired) electrons. The molecular formula is C21H19N5O2. The van der Waals surface area contributed by atoms with E-state index in [1.165, 1.54) is 10.6 Å². The highest BCUT2D eigenvalue weighted by atomic mass is 16.2. The fourth-order valence-electron chi connectivity index (χ4n) is 3.16. The first kappa shape index (κ1) is 17.7. The third-order valence-corrected chi connectivity index (χ3v) is 4.63. The molecule has 140 valence electrons. The average Bonchev–Trinajstić information content (AvgIpc) is 2.97. The summed E-state index contributed by atoms with van der Waals surface area (Å²) in [7, 11) is 0. The number of nitrogens with one attached hydrogen (secondary N) is 1. The molecule has 0 atom stereocenters. The Morgan fingerprint density at radius 1 is 1.04 bits per heavy atom. The van der Waals surface area contributed by atoms with Gasteiger partial charge < -0.3 is 5.32 Å². The van der Waals surface area contributed by atoms with Crippen molar-refractivity contribution in [3.63, 3.8) is 0 Å². The maximum absolute atomic E-state index is 12.8. The Bertz CT molecular complexity index is 1260. The minimum atomic E-state index is -0.507. The molecule has 0 unspecified atom stereocenters. The van der Waals surface area contributed by atoms with Crippen LogP contribution in [0, 0.1) is 20.8 Å². The van der Waals surface area contributed by atoms with E-state index < -0.39 is 11.5 Å². The van der Waals surface area contributed by atoms with Crippen LogP contribution in [0.4, 0.5) is 5.69 Å². The third kappa shape index (κ3) is 2.96. The zero-order chi connectivity index (χ0) is 19.8. The predicted octanol–water partition coefficient (Wildman–Crippen LogP) is 3.06. The number of pyridine rings is 1. The fraction of sp³-hybridized carbons (Fsp3) is 0.143. The van der Waals surface area contributed by atoms with Gasteiger partial charge in [-0.1, -0.05) is 24.3 Å². The molecule has 3 heterocycles. The second-order valence-electron chi connectivity index (χ2n) is 6.66. The van der Waals surface area contributed by atoms with Crippen molar-refractivity contribution in [3.8, 4) is 5.69 Å². The highest BCUT2D eigenvalue weighted by Crippen LogP contribution is 2.23. The number of anilines is 1. The SMILES string of the molecule is Cc1ccc2ncc(C(=O)Nc3c(C)nn(-c4ccccc4)c3C)c(=O)n2c1. The highest BCUT2D eigenvalue weighted by Gasteiger charge is 2.19. The van der Waals surface area contributed by atoms with Gasteiger partial charge in [0.15, 0.2) is 0 Å². The van der Waals surface area contributed by atoms with Gasteiger partial charge in [0.1, 0.15) is 11.2 Å². The predicted molar refractivity (Wildman–Crippen MR) is 107 cm³/mol. The quantitative estimate of drug-likeness (QED) is 0.598. The number of rotatable bonds is 3. The van der Waals surface area contributed by atoms with Gasteiger partial charge in [0.2, 0.25) is 0 Å². The van der Waals surface area contributed by atoms with Crippen molar-refractivity contribution in [2.45, 2.75) is 20.8 Å². The van der Waals surface area contributed by atoms with E-state index in [4.69, 9.17) is 0 Å². The van der Waals surface area contributed by atoms with E-state index in [0.29, 0.717) is 17.0 Å². The molecule has 1 aromatic carbocycles. The van der Waals surface area contributed by atoms with E-state index in [1.54, 1.807) is 16.9 Å². The Morgan fingerprint density at radius 3 is 2.54 bits per heavy atom. The molecule has 4 rings (SSSR count). The lowest BCUT2D eigenvalue weighted by Crippen LogP contribution is -2.27. The van der Waals surface area contributed by atoms with E-state index in [-0.39, 0.29) is 5.56 Å². The number of hydrogen-bond donors (Lipinski definition) is 1. The second-order valence-corrected chi connectivity index (χ2v) is 6.66. The van der Waals surface area contributed by atoms with Gasteiger partial charge in [0, 0.05) is 12.4 Å². The summed E-state index contributed by atoms with van der Waals surface area (Å²) in [6.07, 6.45) is 2.99. The molecule has 1 N–H and O–H groups in total. The van der Waals surface area contributed by atoms with E-state index in [0.717, 1.165) is 16.9 Å². The molecular weight excluding hydrogens is 354 g/mol. The summed E-state index contributed by atoms with van der Waals surface area (Å²) in [5.41, 5.74) is 3.91. The van der Waals surface area contributed by atoms with E-state index in [2.05, 4.69) is 15.4 Å². The van der Waals surface area contributed by atoms with Crippen LogP contribution in [-0.2, 0) is 0 Å². The maximum atomic E-state index is 12.8. The van der Waals surface area contributed by atoms with Gasteiger partial charge >= 0.3 is 0 Å². The van der Waals surface area contributed by atoms with E-state index in [9.17, 15) is 9.59 Å². The number of benzene rings is 1. The van der Waals surface area contributed by atoms with Crippen LogP contribution in [0.15, 0.2) is 59.7 Å². The van der Waals surface area contributed by atoms with Gasteiger partial charge in [0.05, 0.1) is 22.8 Å². The summed E-state index contributed by atoms with van der Waals surface area (Å²) >= 11 is 0. The first-order valence-electron chi connectivity index (χ1n) is 8.87. The lowest BCUT2D eigenvalue weighted by Gasteiger charge is -2.08. The molecule has 0 aliphatic carbocycles. The Balaban J connectivity index is 1.72. The van der Waals surface area contributed by atoms with Crippen molar-refractivity contribution in [1.29, 1.82) is 0 Å². The fourth-order valence-corrected chi connectivity index (χ4v) is 3.16. The van der Waals surface area contributed by atoms with Crippen LogP contribution < -0.4 is 10.9 Å². The van der Waals surface area contributed by atoms with Crippen molar-refractivity contribution >= 4 is 17.2 Å². The van der Waals surface area contributed by atoms with E-state index >= 15 is 0 Å². The number of hydrogen-bond acceptors (Lipinski definition) is 4. The van der Waals surface area contributed by atoms with Crippen molar-refractivity contribution in [3.05, 3.63) is 87.7 Å². The molecule has 1 amide bonds. The molecule has 0 bridgehead atoms. The topological polar surface area (TPSA) is 81.3 Å². The van der Waals surface area contributed by atoms with Crippen molar-refractivity contribution in [2.75, 3.05) is 5.32 Å². The van der Waals surface area contributed by atoms with Gasteiger partial charge in [-0.15, -0.1) is 0 Å². The summed E-state index contributed by atoms with van der Waals surface area (Å²) < 4.78 is 3.15. The lowest BCUT2D eigenvalue weighted by atomic mass is 10.2. The van der Waals surface area contributed by atoms with Crippen molar-refractivity contribution in [1.82, 2.24) is 19.2 Å². The van der Waals surface area contributed by atoms with Crippen LogP contribution in [0.1, 0.15) is 27.3 Å². The number of carbonyl (C=O) groups is 1. The first-order valence-corrected chi connectivity index (χ1v) is 8.87. The highest BCUT2D eigenvalue weighted by molar-refractivity contribution is 6.04. The van der Waals surface area contributed by atoms with Crippen LogP contribution >= 0.6 is 0 Å². The Labute approximate surface area is 161 Å². The van der Waals surface area contributed by atoms with Gasteiger partial charge in [-0.2, -0.15) is 5.10 Å². The van der Waals surface area contributed by atoms with Crippen LogP contribution in [0.2, 0.25) is 0 Å². The molecule has 0 saturated carbocycles. The number of aryl methyl sites for hydroxylation is 2. The minimum absolute atomic E-state index is 0.0191. The largest absolute Gasteiger partial charge is 0.319 e. The summed E-state index contributed by atoms with van der Waals surface area (Å²) in [5.74, 6) is -0.507. The van der Waals surface area contributed by atoms with Crippen molar-refractivity contribution in [2.24, 2.45) is 0 Å². The molecule has 3 aromatic heterocycles. The lowest BCUT2D eigenvalue weighted by molar-refractivity contribution is 0.102. The summed E-state index contributed by atoms with van der Waals surface area (Å²) in [6, 6.07) is 13.3. The summed E-state index contributed by atoms with van der Waals surface area (Å²) in [6.45, 7) is 5.57. The number of carbonyl (C=O) groups excluding carboxylic acids is 1. The normalized spacial score (nSPS) is 11.0. The number of nitrogens with zero attached hydrogens (tertiary/aromatic N) is 4.